The molecule has 0 aromatic rings. The lowest BCUT2D eigenvalue weighted by molar-refractivity contribution is -0.157. The molecule has 0 aromatic carbocycles. The fraction of sp³-hybridized carbons (Fsp3) is 1.00. The minimum atomic E-state index is -2.65. The van der Waals surface area contributed by atoms with Crippen LogP contribution in [0.3, 0.4) is 0 Å². The lowest BCUT2D eigenvalue weighted by atomic mass is 9.75. The number of halogens is 2. The van der Waals surface area contributed by atoms with Crippen molar-refractivity contribution in [1.29, 1.82) is 0 Å². The van der Waals surface area contributed by atoms with E-state index in [9.17, 15) is 8.78 Å². The van der Waals surface area contributed by atoms with E-state index in [4.69, 9.17) is 5.73 Å². The predicted octanol–water partition coefficient (Wildman–Crippen LogP) is 1.95. The zero-order valence-corrected chi connectivity index (χ0v) is 9.89. The monoisotopic (exact) mass is 220 g/mol. The minimum absolute atomic E-state index is 0.0341. The Morgan fingerprint density at radius 3 is 2.13 bits per heavy atom. The third-order valence-electron chi connectivity index (χ3n) is 3.64. The van der Waals surface area contributed by atoms with Crippen LogP contribution in [0.2, 0.25) is 0 Å². The summed E-state index contributed by atoms with van der Waals surface area (Å²) in [5.74, 6) is -3.16. The molecule has 0 amide bonds. The van der Waals surface area contributed by atoms with Gasteiger partial charge in [-0.05, 0) is 33.0 Å². The van der Waals surface area contributed by atoms with Gasteiger partial charge in [-0.2, -0.15) is 0 Å². The second kappa shape index (κ2) is 4.34. The van der Waals surface area contributed by atoms with E-state index in [1.165, 1.54) is 0 Å². The zero-order valence-electron chi connectivity index (χ0n) is 9.89. The van der Waals surface area contributed by atoms with Crippen LogP contribution in [0.5, 0.6) is 0 Å². The largest absolute Gasteiger partial charge is 0.330 e. The van der Waals surface area contributed by atoms with Crippen molar-refractivity contribution in [2.45, 2.75) is 32.6 Å². The first kappa shape index (κ1) is 12.8. The molecule has 1 aliphatic heterocycles. The van der Waals surface area contributed by atoms with Crippen molar-refractivity contribution >= 4 is 0 Å². The van der Waals surface area contributed by atoms with Crippen molar-refractivity contribution in [3.05, 3.63) is 0 Å². The maximum absolute atomic E-state index is 14.1. The molecule has 1 saturated heterocycles. The molecule has 0 bridgehead atoms. The highest BCUT2D eigenvalue weighted by Gasteiger charge is 2.51. The van der Waals surface area contributed by atoms with Gasteiger partial charge in [-0.1, -0.05) is 13.8 Å². The van der Waals surface area contributed by atoms with Crippen LogP contribution in [0.25, 0.3) is 0 Å². The first-order valence-electron chi connectivity index (χ1n) is 5.57. The van der Waals surface area contributed by atoms with E-state index < -0.39 is 17.3 Å². The third-order valence-corrected chi connectivity index (χ3v) is 3.64. The van der Waals surface area contributed by atoms with E-state index in [0.29, 0.717) is 12.8 Å². The Balaban J connectivity index is 2.69. The molecule has 0 radical (unpaired) electrons. The van der Waals surface area contributed by atoms with E-state index in [0.717, 1.165) is 13.1 Å². The molecule has 1 fully saturated rings. The second-order valence-electron chi connectivity index (χ2n) is 5.29. The van der Waals surface area contributed by atoms with Crippen molar-refractivity contribution in [2.24, 2.45) is 17.1 Å². The van der Waals surface area contributed by atoms with E-state index in [1.807, 2.05) is 7.05 Å². The molecule has 1 aliphatic rings. The highest BCUT2D eigenvalue weighted by atomic mass is 19.3. The minimum Gasteiger partial charge on any atom is -0.330 e. The van der Waals surface area contributed by atoms with Crippen molar-refractivity contribution in [2.75, 3.05) is 26.7 Å². The quantitative estimate of drug-likeness (QED) is 0.787. The lowest BCUT2D eigenvalue weighted by Gasteiger charge is -2.41. The van der Waals surface area contributed by atoms with E-state index >= 15 is 0 Å². The van der Waals surface area contributed by atoms with Crippen LogP contribution >= 0.6 is 0 Å². The van der Waals surface area contributed by atoms with E-state index in [1.54, 1.807) is 13.8 Å². The number of rotatable bonds is 3. The van der Waals surface area contributed by atoms with E-state index in [2.05, 4.69) is 4.90 Å². The van der Waals surface area contributed by atoms with Crippen molar-refractivity contribution < 1.29 is 8.78 Å². The van der Waals surface area contributed by atoms with Gasteiger partial charge in [0, 0.05) is 17.9 Å². The summed E-state index contributed by atoms with van der Waals surface area (Å²) in [5.41, 5.74) is 4.35. The molecule has 0 aromatic heterocycles. The Hall–Kier alpha value is -0.220. The average Bonchev–Trinajstić information content (AvgIpc) is 2.18. The molecule has 90 valence electrons. The van der Waals surface area contributed by atoms with Gasteiger partial charge in [0.1, 0.15) is 0 Å². The van der Waals surface area contributed by atoms with Gasteiger partial charge in [0.25, 0.3) is 5.92 Å². The topological polar surface area (TPSA) is 29.3 Å². The fourth-order valence-corrected chi connectivity index (χ4v) is 2.06. The summed E-state index contributed by atoms with van der Waals surface area (Å²) in [7, 11) is 1.97. The number of hydrogen-bond acceptors (Lipinski definition) is 2. The highest BCUT2D eigenvalue weighted by molar-refractivity contribution is 4.93. The van der Waals surface area contributed by atoms with Gasteiger partial charge in [-0.25, -0.2) is 8.78 Å². The average molecular weight is 220 g/mol. The standard InChI is InChI=1S/C11H22F2N2/c1-10(2,8-14)11(12,13)9-4-6-15(3)7-5-9/h9H,4-8,14H2,1-3H3. The Labute approximate surface area is 90.8 Å². The van der Waals surface area contributed by atoms with Crippen LogP contribution in [0.4, 0.5) is 8.78 Å². The maximum atomic E-state index is 14.1. The van der Waals surface area contributed by atoms with Crippen LogP contribution in [0.15, 0.2) is 0 Å². The summed E-state index contributed by atoms with van der Waals surface area (Å²) in [6.07, 6.45) is 1.15. The first-order valence-corrected chi connectivity index (χ1v) is 5.57. The van der Waals surface area contributed by atoms with Gasteiger partial charge >= 0.3 is 0 Å². The summed E-state index contributed by atoms with van der Waals surface area (Å²) in [5, 5.41) is 0. The number of likely N-dealkylation sites (tertiary alicyclic amines) is 1. The molecule has 2 nitrogen and oxygen atoms in total. The number of piperidine rings is 1. The Bertz CT molecular complexity index is 209. The molecule has 0 unspecified atom stereocenters. The van der Waals surface area contributed by atoms with Crippen LogP contribution in [0.1, 0.15) is 26.7 Å². The summed E-state index contributed by atoms with van der Waals surface area (Å²) in [6.45, 7) is 4.69. The van der Waals surface area contributed by atoms with Crippen LogP contribution < -0.4 is 5.73 Å². The zero-order chi connectivity index (χ0) is 11.7. The molecule has 1 rings (SSSR count). The maximum Gasteiger partial charge on any atom is 0.257 e. The number of hydrogen-bond donors (Lipinski definition) is 1. The summed E-state index contributed by atoms with van der Waals surface area (Å²) >= 11 is 0. The fourth-order valence-electron chi connectivity index (χ4n) is 2.06. The normalized spacial score (nSPS) is 22.0. The summed E-state index contributed by atoms with van der Waals surface area (Å²) in [4.78, 5) is 2.10. The van der Waals surface area contributed by atoms with Gasteiger partial charge in [0.2, 0.25) is 0 Å². The predicted molar refractivity (Wildman–Crippen MR) is 58.0 cm³/mol. The number of nitrogens with zero attached hydrogens (tertiary/aromatic N) is 1. The second-order valence-corrected chi connectivity index (χ2v) is 5.29. The van der Waals surface area contributed by atoms with Crippen LogP contribution in [-0.4, -0.2) is 37.5 Å². The van der Waals surface area contributed by atoms with Gasteiger partial charge < -0.3 is 10.6 Å². The van der Waals surface area contributed by atoms with Gasteiger partial charge in [-0.15, -0.1) is 0 Å². The number of nitrogens with two attached hydrogens (primary N) is 1. The van der Waals surface area contributed by atoms with Crippen LogP contribution in [0, 0.1) is 11.3 Å². The molecule has 0 saturated carbocycles. The third kappa shape index (κ3) is 2.48. The van der Waals surface area contributed by atoms with Gasteiger partial charge in [0.15, 0.2) is 0 Å². The molecule has 2 N–H and O–H groups in total. The van der Waals surface area contributed by atoms with Crippen molar-refractivity contribution in [3.8, 4) is 0 Å². The molecule has 0 atom stereocenters. The summed E-state index contributed by atoms with van der Waals surface area (Å²) in [6, 6.07) is 0. The lowest BCUT2D eigenvalue weighted by Crippen LogP contribution is -2.50. The first-order chi connectivity index (χ1) is 6.81. The Morgan fingerprint density at radius 1 is 1.27 bits per heavy atom. The molecule has 15 heavy (non-hydrogen) atoms. The summed E-state index contributed by atoms with van der Waals surface area (Å²) < 4.78 is 28.2. The molecule has 0 spiro atoms. The van der Waals surface area contributed by atoms with Gasteiger partial charge in [0.05, 0.1) is 0 Å². The molecule has 1 heterocycles. The smallest absolute Gasteiger partial charge is 0.257 e. The van der Waals surface area contributed by atoms with Crippen molar-refractivity contribution in [1.82, 2.24) is 4.90 Å². The highest BCUT2D eigenvalue weighted by Crippen LogP contribution is 2.45. The molecule has 4 heteroatoms. The van der Waals surface area contributed by atoms with E-state index in [-0.39, 0.29) is 6.54 Å². The number of alkyl halides is 2. The van der Waals surface area contributed by atoms with Crippen LogP contribution in [-0.2, 0) is 0 Å². The van der Waals surface area contributed by atoms with Gasteiger partial charge in [-0.3, -0.25) is 0 Å². The molecular formula is C11H22F2N2. The van der Waals surface area contributed by atoms with Crippen molar-refractivity contribution in [3.63, 3.8) is 0 Å². The molecular weight excluding hydrogens is 198 g/mol. The Morgan fingerprint density at radius 2 is 1.73 bits per heavy atom. The Kier molecular flexibility index (Phi) is 3.71. The molecule has 0 aliphatic carbocycles. The SMILES string of the molecule is CN1CCC(C(F)(F)C(C)(C)CN)CC1.